The van der Waals surface area contributed by atoms with Gasteiger partial charge in [0, 0.05) is 9.61 Å². The van der Waals surface area contributed by atoms with E-state index in [-0.39, 0.29) is 11.9 Å². The van der Waals surface area contributed by atoms with Crippen LogP contribution in [0.4, 0.5) is 4.39 Å². The first-order valence-electron chi connectivity index (χ1n) is 5.87. The van der Waals surface area contributed by atoms with Crippen LogP contribution in [0.25, 0.3) is 0 Å². The number of carbonyl (C=O) groups is 2. The fourth-order valence-corrected chi connectivity index (χ4v) is 2.15. The molecule has 1 rings (SSSR count). The minimum atomic E-state index is -0.643. The number of amides is 2. The van der Waals surface area contributed by atoms with Crippen LogP contribution in [0.1, 0.15) is 31.1 Å². The maximum atomic E-state index is 12.9. The summed E-state index contributed by atoms with van der Waals surface area (Å²) >= 11 is 1.88. The molecule has 0 radical (unpaired) electrons. The zero-order chi connectivity index (χ0) is 14.6. The molecule has 4 nitrogen and oxygen atoms in total. The molecule has 6 heteroatoms. The highest BCUT2D eigenvalue weighted by molar-refractivity contribution is 14.1. The average molecular weight is 378 g/mol. The number of carbonyl (C=O) groups excluding carboxylic acids is 2. The van der Waals surface area contributed by atoms with E-state index in [1.807, 2.05) is 36.4 Å². The SMILES string of the molecule is CC(C)NC(=O)C(C)NC(=O)c1ccc(F)cc1I. The van der Waals surface area contributed by atoms with Gasteiger partial charge in [0.1, 0.15) is 11.9 Å². The number of hydrogen-bond donors (Lipinski definition) is 2. The summed E-state index contributed by atoms with van der Waals surface area (Å²) in [5, 5.41) is 5.29. The summed E-state index contributed by atoms with van der Waals surface area (Å²) in [6.07, 6.45) is 0. The molecule has 0 saturated heterocycles. The lowest BCUT2D eigenvalue weighted by Crippen LogP contribution is -2.46. The van der Waals surface area contributed by atoms with Crippen LogP contribution in [-0.4, -0.2) is 23.9 Å². The third-order valence-electron chi connectivity index (χ3n) is 2.35. The molecule has 0 fully saturated rings. The monoisotopic (exact) mass is 378 g/mol. The highest BCUT2D eigenvalue weighted by Gasteiger charge is 2.18. The number of benzene rings is 1. The van der Waals surface area contributed by atoms with Crippen LogP contribution < -0.4 is 10.6 Å². The second kappa shape index (κ2) is 6.83. The molecule has 1 aromatic carbocycles. The molecule has 0 bridgehead atoms. The second-order valence-corrected chi connectivity index (χ2v) is 5.64. The van der Waals surface area contributed by atoms with Gasteiger partial charge in [-0.2, -0.15) is 0 Å². The largest absolute Gasteiger partial charge is 0.352 e. The van der Waals surface area contributed by atoms with E-state index in [9.17, 15) is 14.0 Å². The van der Waals surface area contributed by atoms with Crippen molar-refractivity contribution < 1.29 is 14.0 Å². The first-order valence-corrected chi connectivity index (χ1v) is 6.95. The van der Waals surface area contributed by atoms with Crippen molar-refractivity contribution in [1.82, 2.24) is 10.6 Å². The molecule has 0 aliphatic carbocycles. The predicted molar refractivity (Wildman–Crippen MR) is 79.3 cm³/mol. The van der Waals surface area contributed by atoms with Gasteiger partial charge in [0.15, 0.2) is 0 Å². The zero-order valence-corrected chi connectivity index (χ0v) is 13.1. The van der Waals surface area contributed by atoms with Crippen LogP contribution in [0, 0.1) is 9.39 Å². The molecule has 1 atom stereocenters. The van der Waals surface area contributed by atoms with E-state index in [1.165, 1.54) is 18.2 Å². The van der Waals surface area contributed by atoms with Gasteiger partial charge in [-0.05, 0) is 61.6 Å². The fourth-order valence-electron chi connectivity index (χ4n) is 1.42. The Hall–Kier alpha value is -1.18. The van der Waals surface area contributed by atoms with E-state index in [4.69, 9.17) is 0 Å². The minimum absolute atomic E-state index is 0.0119. The molecule has 0 spiro atoms. The van der Waals surface area contributed by atoms with Crippen LogP contribution in [0.3, 0.4) is 0 Å². The third-order valence-corrected chi connectivity index (χ3v) is 3.24. The third kappa shape index (κ3) is 4.77. The highest BCUT2D eigenvalue weighted by atomic mass is 127. The van der Waals surface area contributed by atoms with E-state index < -0.39 is 17.8 Å². The van der Waals surface area contributed by atoms with Crippen molar-refractivity contribution in [2.24, 2.45) is 0 Å². The molecule has 0 heterocycles. The summed E-state index contributed by atoms with van der Waals surface area (Å²) in [6, 6.07) is 3.26. The Balaban J connectivity index is 2.71. The summed E-state index contributed by atoms with van der Waals surface area (Å²) in [5.74, 6) is -1.04. The molecule has 0 aromatic heterocycles. The predicted octanol–water partition coefficient (Wildman–Crippen LogP) is 2.07. The van der Waals surface area contributed by atoms with Gasteiger partial charge < -0.3 is 10.6 Å². The van der Waals surface area contributed by atoms with Gasteiger partial charge in [-0.3, -0.25) is 9.59 Å². The van der Waals surface area contributed by atoms with Crippen molar-refractivity contribution in [2.45, 2.75) is 32.9 Å². The van der Waals surface area contributed by atoms with Crippen LogP contribution in [0.15, 0.2) is 18.2 Å². The minimum Gasteiger partial charge on any atom is -0.352 e. The van der Waals surface area contributed by atoms with Gasteiger partial charge >= 0.3 is 0 Å². The summed E-state index contributed by atoms with van der Waals surface area (Å²) < 4.78 is 13.5. The smallest absolute Gasteiger partial charge is 0.252 e. The van der Waals surface area contributed by atoms with E-state index >= 15 is 0 Å². The number of hydrogen-bond acceptors (Lipinski definition) is 2. The lowest BCUT2D eigenvalue weighted by Gasteiger charge is -2.16. The topological polar surface area (TPSA) is 58.2 Å². The van der Waals surface area contributed by atoms with E-state index in [2.05, 4.69) is 10.6 Å². The Morgan fingerprint density at radius 3 is 2.37 bits per heavy atom. The molecule has 0 aliphatic heterocycles. The number of rotatable bonds is 4. The van der Waals surface area contributed by atoms with Gasteiger partial charge in [-0.15, -0.1) is 0 Å². The van der Waals surface area contributed by atoms with Gasteiger partial charge in [0.25, 0.3) is 5.91 Å². The number of nitrogens with one attached hydrogen (secondary N) is 2. The van der Waals surface area contributed by atoms with Crippen LogP contribution in [0.2, 0.25) is 0 Å². The quantitative estimate of drug-likeness (QED) is 0.789. The lowest BCUT2D eigenvalue weighted by atomic mass is 10.2. The fraction of sp³-hybridized carbons (Fsp3) is 0.385. The van der Waals surface area contributed by atoms with Crippen molar-refractivity contribution >= 4 is 34.4 Å². The van der Waals surface area contributed by atoms with Gasteiger partial charge in [0.2, 0.25) is 5.91 Å². The molecular weight excluding hydrogens is 362 g/mol. The van der Waals surface area contributed by atoms with E-state index in [1.54, 1.807) is 6.92 Å². The molecule has 19 heavy (non-hydrogen) atoms. The van der Waals surface area contributed by atoms with Gasteiger partial charge in [-0.25, -0.2) is 4.39 Å². The molecule has 2 N–H and O–H groups in total. The zero-order valence-electron chi connectivity index (χ0n) is 11.0. The summed E-state index contributed by atoms with van der Waals surface area (Å²) in [5.41, 5.74) is 0.353. The van der Waals surface area contributed by atoms with Gasteiger partial charge in [0.05, 0.1) is 5.56 Å². The molecule has 2 amide bonds. The second-order valence-electron chi connectivity index (χ2n) is 4.48. The lowest BCUT2D eigenvalue weighted by molar-refractivity contribution is -0.123. The number of halogens is 2. The van der Waals surface area contributed by atoms with Crippen LogP contribution >= 0.6 is 22.6 Å². The van der Waals surface area contributed by atoms with Crippen molar-refractivity contribution in [3.8, 4) is 0 Å². The van der Waals surface area contributed by atoms with Crippen molar-refractivity contribution in [3.63, 3.8) is 0 Å². The Kier molecular flexibility index (Phi) is 5.71. The average Bonchev–Trinajstić information content (AvgIpc) is 2.27. The normalized spacial score (nSPS) is 12.1. The maximum absolute atomic E-state index is 12.9. The first-order chi connectivity index (χ1) is 8.81. The Morgan fingerprint density at radius 2 is 1.84 bits per heavy atom. The summed E-state index contributed by atoms with van der Waals surface area (Å²) in [7, 11) is 0. The standard InChI is InChI=1S/C13H16FIN2O2/c1-7(2)16-12(18)8(3)17-13(19)10-5-4-9(14)6-11(10)15/h4-8H,1-3H3,(H,16,18)(H,17,19). The molecule has 1 aromatic rings. The van der Waals surface area contributed by atoms with Crippen LogP contribution in [0.5, 0.6) is 0 Å². The van der Waals surface area contributed by atoms with Crippen molar-refractivity contribution in [1.29, 1.82) is 0 Å². The Labute approximate surface area is 125 Å². The summed E-state index contributed by atoms with van der Waals surface area (Å²) in [4.78, 5) is 23.6. The van der Waals surface area contributed by atoms with Crippen molar-refractivity contribution in [2.75, 3.05) is 0 Å². The Morgan fingerprint density at radius 1 is 1.21 bits per heavy atom. The molecule has 1 unspecified atom stereocenters. The highest BCUT2D eigenvalue weighted by Crippen LogP contribution is 2.13. The van der Waals surface area contributed by atoms with Crippen LogP contribution in [-0.2, 0) is 4.79 Å². The molecule has 104 valence electrons. The molecule has 0 saturated carbocycles. The first kappa shape index (κ1) is 15.9. The van der Waals surface area contributed by atoms with Gasteiger partial charge in [-0.1, -0.05) is 0 Å². The van der Waals surface area contributed by atoms with E-state index in [0.717, 1.165) is 0 Å². The Bertz CT molecular complexity index is 492. The molecular formula is C13H16FIN2O2. The molecule has 0 aliphatic rings. The maximum Gasteiger partial charge on any atom is 0.252 e. The van der Waals surface area contributed by atoms with Crippen molar-refractivity contribution in [3.05, 3.63) is 33.1 Å². The van der Waals surface area contributed by atoms with E-state index in [0.29, 0.717) is 9.13 Å². The summed E-state index contributed by atoms with van der Waals surface area (Å²) in [6.45, 7) is 5.29.